The van der Waals surface area contributed by atoms with Crippen molar-refractivity contribution >= 4 is 11.8 Å². The molecule has 1 aromatic heterocycles. The minimum atomic E-state index is -0.173. The van der Waals surface area contributed by atoms with Crippen molar-refractivity contribution < 1.29 is 14.4 Å². The van der Waals surface area contributed by atoms with Crippen LogP contribution in [0.1, 0.15) is 39.3 Å². The van der Waals surface area contributed by atoms with Gasteiger partial charge in [0.15, 0.2) is 0 Å². The Morgan fingerprint density at radius 3 is 2.63 bits per heavy atom. The largest absolute Gasteiger partial charge is 0.395 e. The molecular formula is C13H23N3O3. The van der Waals surface area contributed by atoms with Crippen LogP contribution in [-0.4, -0.2) is 46.8 Å². The zero-order valence-electron chi connectivity index (χ0n) is 12.0. The Kier molecular flexibility index (Phi) is 5.98. The van der Waals surface area contributed by atoms with E-state index in [0.717, 1.165) is 5.69 Å². The third kappa shape index (κ3) is 5.00. The van der Waals surface area contributed by atoms with Gasteiger partial charge in [0.25, 0.3) is 0 Å². The maximum absolute atomic E-state index is 11.9. The summed E-state index contributed by atoms with van der Waals surface area (Å²) in [4.78, 5) is 13.7. The Morgan fingerprint density at radius 2 is 2.16 bits per heavy atom. The van der Waals surface area contributed by atoms with Crippen LogP contribution in [0.15, 0.2) is 10.6 Å². The number of rotatable bonds is 7. The summed E-state index contributed by atoms with van der Waals surface area (Å²) in [7, 11) is 0. The highest BCUT2D eigenvalue weighted by molar-refractivity contribution is 5.91. The summed E-state index contributed by atoms with van der Waals surface area (Å²) in [6.45, 7) is 8.69. The smallest absolute Gasteiger partial charge is 0.240 e. The molecule has 0 atom stereocenters. The second kappa shape index (κ2) is 7.25. The molecule has 0 aromatic carbocycles. The molecule has 0 spiro atoms. The maximum atomic E-state index is 11.9. The lowest BCUT2D eigenvalue weighted by Gasteiger charge is -2.24. The minimum Gasteiger partial charge on any atom is -0.395 e. The van der Waals surface area contributed by atoms with Crippen LogP contribution in [-0.2, 0) is 4.79 Å². The SMILES string of the molecule is CC(C)c1cc(NC(=O)CN(CCO)C(C)C)on1. The summed E-state index contributed by atoms with van der Waals surface area (Å²) in [5, 5.41) is 15.5. The summed E-state index contributed by atoms with van der Waals surface area (Å²) in [6, 6.07) is 1.92. The van der Waals surface area contributed by atoms with Crippen LogP contribution in [0, 0.1) is 0 Å². The van der Waals surface area contributed by atoms with Crippen LogP contribution in [0.2, 0.25) is 0 Å². The summed E-state index contributed by atoms with van der Waals surface area (Å²) < 4.78 is 5.05. The van der Waals surface area contributed by atoms with Crippen molar-refractivity contribution in [1.29, 1.82) is 0 Å². The van der Waals surface area contributed by atoms with Crippen LogP contribution >= 0.6 is 0 Å². The van der Waals surface area contributed by atoms with Crippen molar-refractivity contribution in [3.63, 3.8) is 0 Å². The fraction of sp³-hybridized carbons (Fsp3) is 0.692. The molecule has 0 fully saturated rings. The summed E-state index contributed by atoms with van der Waals surface area (Å²) >= 11 is 0. The maximum Gasteiger partial charge on any atom is 0.240 e. The van der Waals surface area contributed by atoms with Gasteiger partial charge in [-0.2, -0.15) is 0 Å². The first-order valence-corrected chi connectivity index (χ1v) is 6.55. The van der Waals surface area contributed by atoms with Crippen LogP contribution < -0.4 is 5.32 Å². The van der Waals surface area contributed by atoms with Gasteiger partial charge >= 0.3 is 0 Å². The molecule has 0 saturated heterocycles. The molecule has 0 radical (unpaired) electrons. The summed E-state index contributed by atoms with van der Waals surface area (Å²) in [6.07, 6.45) is 0. The van der Waals surface area contributed by atoms with Crippen molar-refractivity contribution in [2.24, 2.45) is 0 Å². The lowest BCUT2D eigenvalue weighted by atomic mass is 10.1. The Labute approximate surface area is 113 Å². The molecule has 0 aliphatic heterocycles. The Hall–Kier alpha value is -1.40. The second-order valence-electron chi connectivity index (χ2n) is 5.11. The van der Waals surface area contributed by atoms with E-state index in [1.807, 2.05) is 32.6 Å². The van der Waals surface area contributed by atoms with Crippen molar-refractivity contribution in [2.75, 3.05) is 25.0 Å². The molecule has 6 heteroatoms. The zero-order valence-corrected chi connectivity index (χ0v) is 12.0. The first kappa shape index (κ1) is 15.7. The minimum absolute atomic E-state index is 0.0330. The van der Waals surface area contributed by atoms with Crippen molar-refractivity contribution in [3.8, 4) is 0 Å². The van der Waals surface area contributed by atoms with Gasteiger partial charge in [-0.15, -0.1) is 0 Å². The van der Waals surface area contributed by atoms with Crippen molar-refractivity contribution in [3.05, 3.63) is 11.8 Å². The van der Waals surface area contributed by atoms with Gasteiger partial charge in [0, 0.05) is 18.7 Å². The molecule has 19 heavy (non-hydrogen) atoms. The number of nitrogens with zero attached hydrogens (tertiary/aromatic N) is 2. The first-order valence-electron chi connectivity index (χ1n) is 6.55. The number of carbonyl (C=O) groups is 1. The number of carbonyl (C=O) groups excluding carboxylic acids is 1. The Morgan fingerprint density at radius 1 is 1.47 bits per heavy atom. The van der Waals surface area contributed by atoms with E-state index < -0.39 is 0 Å². The number of anilines is 1. The second-order valence-corrected chi connectivity index (χ2v) is 5.11. The molecule has 1 amide bonds. The number of aliphatic hydroxyl groups excluding tert-OH is 1. The molecular weight excluding hydrogens is 246 g/mol. The van der Waals surface area contributed by atoms with E-state index in [1.54, 1.807) is 6.07 Å². The van der Waals surface area contributed by atoms with E-state index in [4.69, 9.17) is 9.63 Å². The highest BCUT2D eigenvalue weighted by Gasteiger charge is 2.15. The van der Waals surface area contributed by atoms with Gasteiger partial charge in [-0.25, -0.2) is 0 Å². The van der Waals surface area contributed by atoms with E-state index in [9.17, 15) is 4.79 Å². The molecule has 0 bridgehead atoms. The Balaban J connectivity index is 2.53. The molecule has 0 unspecified atom stereocenters. The van der Waals surface area contributed by atoms with E-state index in [-0.39, 0.29) is 31.0 Å². The van der Waals surface area contributed by atoms with Crippen molar-refractivity contribution in [2.45, 2.75) is 39.7 Å². The number of amides is 1. The number of hydrogen-bond acceptors (Lipinski definition) is 5. The number of aliphatic hydroxyl groups is 1. The van der Waals surface area contributed by atoms with Crippen LogP contribution in [0.5, 0.6) is 0 Å². The average Bonchev–Trinajstić information content (AvgIpc) is 2.76. The topological polar surface area (TPSA) is 78.6 Å². The molecule has 0 saturated carbocycles. The van der Waals surface area contributed by atoms with Gasteiger partial charge in [0.1, 0.15) is 0 Å². The predicted octanol–water partition coefficient (Wildman–Crippen LogP) is 1.44. The standard InChI is InChI=1S/C13H23N3O3/c1-9(2)11-7-13(19-15-11)14-12(18)8-16(5-6-17)10(3)4/h7,9-10,17H,5-6,8H2,1-4H3,(H,14,18). The highest BCUT2D eigenvalue weighted by atomic mass is 16.5. The monoisotopic (exact) mass is 269 g/mol. The molecule has 1 heterocycles. The molecule has 108 valence electrons. The fourth-order valence-electron chi connectivity index (χ4n) is 1.63. The van der Waals surface area contributed by atoms with E-state index >= 15 is 0 Å². The first-order chi connectivity index (χ1) is 8.93. The molecule has 0 aliphatic rings. The Bertz CT molecular complexity index is 402. The van der Waals surface area contributed by atoms with Gasteiger partial charge in [-0.1, -0.05) is 19.0 Å². The van der Waals surface area contributed by atoms with Crippen LogP contribution in [0.25, 0.3) is 0 Å². The third-order valence-corrected chi connectivity index (χ3v) is 2.85. The predicted molar refractivity (Wildman–Crippen MR) is 73.0 cm³/mol. The van der Waals surface area contributed by atoms with E-state index in [2.05, 4.69) is 10.5 Å². The number of hydrogen-bond donors (Lipinski definition) is 2. The third-order valence-electron chi connectivity index (χ3n) is 2.85. The van der Waals surface area contributed by atoms with E-state index in [1.165, 1.54) is 0 Å². The van der Waals surface area contributed by atoms with Gasteiger partial charge in [-0.3, -0.25) is 15.0 Å². The molecule has 0 aliphatic carbocycles. The molecule has 2 N–H and O–H groups in total. The summed E-state index contributed by atoms with van der Waals surface area (Å²) in [5.41, 5.74) is 0.811. The molecule has 6 nitrogen and oxygen atoms in total. The zero-order chi connectivity index (χ0) is 14.4. The van der Waals surface area contributed by atoms with Crippen molar-refractivity contribution in [1.82, 2.24) is 10.1 Å². The van der Waals surface area contributed by atoms with Gasteiger partial charge < -0.3 is 9.63 Å². The lowest BCUT2D eigenvalue weighted by molar-refractivity contribution is -0.118. The van der Waals surface area contributed by atoms with Gasteiger partial charge in [-0.05, 0) is 19.8 Å². The van der Waals surface area contributed by atoms with E-state index in [0.29, 0.717) is 12.4 Å². The van der Waals surface area contributed by atoms with Crippen LogP contribution in [0.4, 0.5) is 5.88 Å². The molecule has 1 aromatic rings. The fourth-order valence-corrected chi connectivity index (χ4v) is 1.63. The molecule has 1 rings (SSSR count). The summed E-state index contributed by atoms with van der Waals surface area (Å²) in [5.74, 6) is 0.450. The van der Waals surface area contributed by atoms with Gasteiger partial charge in [0.2, 0.25) is 11.8 Å². The normalized spacial score (nSPS) is 11.6. The van der Waals surface area contributed by atoms with Crippen LogP contribution in [0.3, 0.4) is 0 Å². The number of nitrogens with one attached hydrogen (secondary N) is 1. The highest BCUT2D eigenvalue weighted by Crippen LogP contribution is 2.17. The number of aromatic nitrogens is 1. The average molecular weight is 269 g/mol. The lowest BCUT2D eigenvalue weighted by Crippen LogP contribution is -2.39. The van der Waals surface area contributed by atoms with Gasteiger partial charge in [0.05, 0.1) is 18.8 Å². The quantitative estimate of drug-likeness (QED) is 0.783.